The number of hydroxylamine groups is 1. The fourth-order valence-corrected chi connectivity index (χ4v) is 4.66. The third kappa shape index (κ3) is 6.57. The van der Waals surface area contributed by atoms with Gasteiger partial charge in [-0.05, 0) is 59.5 Å². The molecule has 9 nitrogen and oxygen atoms in total. The third-order valence-corrected chi connectivity index (χ3v) is 6.60. The number of carbonyl (C=O) groups is 4. The summed E-state index contributed by atoms with van der Waals surface area (Å²) < 4.78 is 0.813. The van der Waals surface area contributed by atoms with E-state index in [0.29, 0.717) is 21.8 Å². The zero-order chi connectivity index (χ0) is 26.4. The summed E-state index contributed by atoms with van der Waals surface area (Å²) in [6.45, 7) is 1.40. The van der Waals surface area contributed by atoms with Crippen LogP contribution in [-0.2, 0) is 16.0 Å². The SMILES string of the molecule is CC(=O)Nc1ccc(C(=O)NC(Cc2ccccc2)C(=O)Nc2ccc3sc(C(=O)NO)cc3c2)cc1. The van der Waals surface area contributed by atoms with Gasteiger partial charge in [-0.2, -0.15) is 0 Å². The predicted molar refractivity (Wildman–Crippen MR) is 142 cm³/mol. The van der Waals surface area contributed by atoms with Crippen molar-refractivity contribution in [3.05, 3.63) is 94.9 Å². The number of carbonyl (C=O) groups excluding carboxylic acids is 4. The van der Waals surface area contributed by atoms with Crippen molar-refractivity contribution in [3.8, 4) is 0 Å². The first-order valence-electron chi connectivity index (χ1n) is 11.3. The Labute approximate surface area is 216 Å². The van der Waals surface area contributed by atoms with Gasteiger partial charge in [-0.3, -0.25) is 24.4 Å². The fourth-order valence-electron chi connectivity index (χ4n) is 3.73. The second kappa shape index (κ2) is 11.5. The van der Waals surface area contributed by atoms with Gasteiger partial charge in [0.2, 0.25) is 11.8 Å². The van der Waals surface area contributed by atoms with E-state index in [4.69, 9.17) is 5.21 Å². The maximum atomic E-state index is 13.3. The highest BCUT2D eigenvalue weighted by Crippen LogP contribution is 2.28. The standard InChI is InChI=1S/C27H24N4O5S/c1-16(32)28-20-9-7-18(8-10-20)25(33)30-22(13-17-5-3-2-4-6-17)26(34)29-21-11-12-23-19(14-21)15-24(37-23)27(35)31-36/h2-12,14-15,22,36H,13H2,1H3,(H,28,32)(H,29,34)(H,30,33)(H,31,35). The van der Waals surface area contributed by atoms with Gasteiger partial charge in [-0.25, -0.2) is 5.48 Å². The monoisotopic (exact) mass is 516 g/mol. The number of nitrogens with one attached hydrogen (secondary N) is 4. The van der Waals surface area contributed by atoms with E-state index in [-0.39, 0.29) is 12.3 Å². The Bertz CT molecular complexity index is 1450. The molecule has 0 radical (unpaired) electrons. The lowest BCUT2D eigenvalue weighted by Gasteiger charge is -2.19. The molecule has 1 heterocycles. The topological polar surface area (TPSA) is 137 Å². The number of fused-ring (bicyclic) bond motifs is 1. The summed E-state index contributed by atoms with van der Waals surface area (Å²) in [5.41, 5.74) is 3.89. The zero-order valence-corrected chi connectivity index (χ0v) is 20.6. The molecule has 1 unspecified atom stereocenters. The zero-order valence-electron chi connectivity index (χ0n) is 19.8. The molecule has 0 saturated carbocycles. The number of hydrogen-bond acceptors (Lipinski definition) is 6. The first-order valence-corrected chi connectivity index (χ1v) is 12.2. The molecule has 0 aliphatic rings. The van der Waals surface area contributed by atoms with Gasteiger partial charge in [-0.1, -0.05) is 30.3 Å². The number of rotatable bonds is 8. The molecule has 1 atom stereocenters. The molecule has 0 aliphatic heterocycles. The lowest BCUT2D eigenvalue weighted by molar-refractivity contribution is -0.118. The number of anilines is 2. The molecule has 5 N–H and O–H groups in total. The summed E-state index contributed by atoms with van der Waals surface area (Å²) in [5, 5.41) is 17.9. The first-order chi connectivity index (χ1) is 17.8. The fraction of sp³-hybridized carbons (Fsp3) is 0.111. The number of benzene rings is 3. The summed E-state index contributed by atoms with van der Waals surface area (Å²) in [6, 6.07) is 21.7. The van der Waals surface area contributed by atoms with E-state index >= 15 is 0 Å². The van der Waals surface area contributed by atoms with Crippen LogP contribution in [0, 0.1) is 0 Å². The van der Waals surface area contributed by atoms with E-state index < -0.39 is 23.8 Å². The minimum Gasteiger partial charge on any atom is -0.340 e. The Balaban J connectivity index is 1.52. The molecule has 4 aromatic rings. The van der Waals surface area contributed by atoms with Crippen molar-refractivity contribution in [2.45, 2.75) is 19.4 Å². The van der Waals surface area contributed by atoms with E-state index in [1.54, 1.807) is 54.0 Å². The number of hydrogen-bond donors (Lipinski definition) is 5. The van der Waals surface area contributed by atoms with Crippen LogP contribution in [0.25, 0.3) is 10.1 Å². The lowest BCUT2D eigenvalue weighted by atomic mass is 10.0. The van der Waals surface area contributed by atoms with Crippen molar-refractivity contribution in [3.63, 3.8) is 0 Å². The summed E-state index contributed by atoms with van der Waals surface area (Å²) >= 11 is 1.21. The summed E-state index contributed by atoms with van der Waals surface area (Å²) in [5.74, 6) is -1.67. The van der Waals surface area contributed by atoms with Crippen molar-refractivity contribution in [2.24, 2.45) is 0 Å². The average molecular weight is 517 g/mol. The molecular weight excluding hydrogens is 492 g/mol. The first kappa shape index (κ1) is 25.5. The van der Waals surface area contributed by atoms with Gasteiger partial charge in [-0.15, -0.1) is 11.3 Å². The molecule has 0 fully saturated rings. The Morgan fingerprint density at radius 3 is 2.22 bits per heavy atom. The maximum absolute atomic E-state index is 13.3. The highest BCUT2D eigenvalue weighted by atomic mass is 32.1. The van der Waals surface area contributed by atoms with Crippen LogP contribution in [0.4, 0.5) is 11.4 Å². The second-order valence-electron chi connectivity index (χ2n) is 8.27. The van der Waals surface area contributed by atoms with E-state index in [0.717, 1.165) is 15.6 Å². The molecule has 4 amide bonds. The average Bonchev–Trinajstić information content (AvgIpc) is 3.32. The highest BCUT2D eigenvalue weighted by Gasteiger charge is 2.22. The number of thiophene rings is 1. The van der Waals surface area contributed by atoms with Gasteiger partial charge in [0.1, 0.15) is 6.04 Å². The van der Waals surface area contributed by atoms with Crippen LogP contribution in [0.2, 0.25) is 0 Å². The van der Waals surface area contributed by atoms with Crippen LogP contribution in [0.15, 0.2) is 78.9 Å². The van der Waals surface area contributed by atoms with Crippen LogP contribution in [0.3, 0.4) is 0 Å². The molecule has 0 saturated heterocycles. The predicted octanol–water partition coefficient (Wildman–Crippen LogP) is 3.96. The molecule has 37 heavy (non-hydrogen) atoms. The molecule has 10 heteroatoms. The van der Waals surface area contributed by atoms with Crippen molar-refractivity contribution < 1.29 is 24.4 Å². The van der Waals surface area contributed by atoms with Gasteiger partial charge < -0.3 is 16.0 Å². The molecule has 4 rings (SSSR count). The van der Waals surface area contributed by atoms with Crippen LogP contribution in [0.5, 0.6) is 0 Å². The van der Waals surface area contributed by atoms with Crippen molar-refractivity contribution >= 4 is 56.4 Å². The lowest BCUT2D eigenvalue weighted by Crippen LogP contribution is -2.45. The van der Waals surface area contributed by atoms with E-state index in [1.165, 1.54) is 18.3 Å². The Hall–Kier alpha value is -4.54. The Morgan fingerprint density at radius 1 is 0.838 bits per heavy atom. The van der Waals surface area contributed by atoms with E-state index in [1.807, 2.05) is 30.3 Å². The van der Waals surface area contributed by atoms with E-state index in [9.17, 15) is 19.2 Å². The normalized spacial score (nSPS) is 11.4. The van der Waals surface area contributed by atoms with Gasteiger partial charge in [0.15, 0.2) is 0 Å². The summed E-state index contributed by atoms with van der Waals surface area (Å²) in [6.07, 6.45) is 0.268. The highest BCUT2D eigenvalue weighted by molar-refractivity contribution is 7.20. The van der Waals surface area contributed by atoms with Gasteiger partial charge in [0.25, 0.3) is 11.8 Å². The Morgan fingerprint density at radius 2 is 1.54 bits per heavy atom. The minimum absolute atomic E-state index is 0.217. The second-order valence-corrected chi connectivity index (χ2v) is 9.35. The molecule has 188 valence electrons. The van der Waals surface area contributed by atoms with E-state index in [2.05, 4.69) is 16.0 Å². The third-order valence-electron chi connectivity index (χ3n) is 5.48. The van der Waals surface area contributed by atoms with Crippen molar-refractivity contribution in [1.29, 1.82) is 0 Å². The quantitative estimate of drug-likeness (QED) is 0.178. The van der Waals surface area contributed by atoms with Crippen molar-refractivity contribution in [2.75, 3.05) is 10.6 Å². The molecule has 3 aromatic carbocycles. The maximum Gasteiger partial charge on any atom is 0.284 e. The molecule has 0 spiro atoms. The summed E-state index contributed by atoms with van der Waals surface area (Å²) in [7, 11) is 0. The molecule has 0 bridgehead atoms. The minimum atomic E-state index is -0.876. The largest absolute Gasteiger partial charge is 0.340 e. The Kier molecular flexibility index (Phi) is 7.92. The summed E-state index contributed by atoms with van der Waals surface area (Å²) in [4.78, 5) is 49.5. The van der Waals surface area contributed by atoms with Crippen LogP contribution in [-0.4, -0.2) is 34.9 Å². The van der Waals surface area contributed by atoms with Crippen molar-refractivity contribution in [1.82, 2.24) is 10.8 Å². The van der Waals surface area contributed by atoms with Crippen LogP contribution < -0.4 is 21.4 Å². The number of amides is 4. The van der Waals surface area contributed by atoms with Gasteiger partial charge in [0.05, 0.1) is 4.88 Å². The van der Waals surface area contributed by atoms with Crippen LogP contribution >= 0.6 is 11.3 Å². The molecular formula is C27H24N4O5S. The smallest absolute Gasteiger partial charge is 0.284 e. The van der Waals surface area contributed by atoms with Gasteiger partial charge in [0, 0.05) is 35.0 Å². The van der Waals surface area contributed by atoms with Gasteiger partial charge >= 0.3 is 0 Å². The molecule has 1 aromatic heterocycles. The van der Waals surface area contributed by atoms with Crippen LogP contribution in [0.1, 0.15) is 32.5 Å². The molecule has 0 aliphatic carbocycles.